The van der Waals surface area contributed by atoms with Gasteiger partial charge in [-0.3, -0.25) is 19.7 Å². The van der Waals surface area contributed by atoms with Crippen LogP contribution in [0.3, 0.4) is 0 Å². The lowest BCUT2D eigenvalue weighted by molar-refractivity contribution is -0.384. The number of hydrogen-bond acceptors (Lipinski definition) is 6. The Hall–Kier alpha value is -3.17. The Morgan fingerprint density at radius 2 is 1.85 bits per heavy atom. The van der Waals surface area contributed by atoms with Crippen LogP contribution in [-0.2, 0) is 16.1 Å². The molecular formula is C23H25ClN4O5. The molecule has 2 aliphatic heterocycles. The number of ether oxygens (including phenoxy) is 1. The minimum absolute atomic E-state index is 0.0239. The fourth-order valence-corrected chi connectivity index (χ4v) is 4.29. The Labute approximate surface area is 196 Å². The van der Waals surface area contributed by atoms with Crippen molar-refractivity contribution < 1.29 is 19.2 Å². The van der Waals surface area contributed by atoms with E-state index in [1.807, 2.05) is 18.2 Å². The molecule has 2 fully saturated rings. The fraction of sp³-hybridized carbons (Fsp3) is 0.391. The summed E-state index contributed by atoms with van der Waals surface area (Å²) in [7, 11) is 0. The highest BCUT2D eigenvalue weighted by atomic mass is 35.5. The zero-order chi connectivity index (χ0) is 23.4. The van der Waals surface area contributed by atoms with Crippen LogP contribution in [0.25, 0.3) is 0 Å². The largest absolute Gasteiger partial charge is 0.375 e. The SMILES string of the molecule is O=C(c1ccc(NCc2ccccc2Cl)c([N+](=O)[O-])c1)N1CCN(C(=O)C2CCCO2)CC1. The molecule has 1 atom stereocenters. The topological polar surface area (TPSA) is 105 Å². The third-order valence-corrected chi connectivity index (χ3v) is 6.32. The maximum Gasteiger partial charge on any atom is 0.293 e. The van der Waals surface area contributed by atoms with Crippen LogP contribution < -0.4 is 5.32 Å². The summed E-state index contributed by atoms with van der Waals surface area (Å²) >= 11 is 6.16. The number of nitro groups is 1. The summed E-state index contributed by atoms with van der Waals surface area (Å²) in [6.45, 7) is 2.51. The van der Waals surface area contributed by atoms with Crippen LogP contribution in [0.15, 0.2) is 42.5 Å². The van der Waals surface area contributed by atoms with E-state index in [4.69, 9.17) is 16.3 Å². The number of piperazine rings is 1. The second-order valence-corrected chi connectivity index (χ2v) is 8.46. The van der Waals surface area contributed by atoms with Crippen LogP contribution in [-0.4, -0.2) is 65.4 Å². The van der Waals surface area contributed by atoms with Gasteiger partial charge in [-0.15, -0.1) is 0 Å². The van der Waals surface area contributed by atoms with Gasteiger partial charge in [-0.2, -0.15) is 0 Å². The number of benzene rings is 2. The summed E-state index contributed by atoms with van der Waals surface area (Å²) in [6.07, 6.45) is 1.25. The maximum atomic E-state index is 13.0. The van der Waals surface area contributed by atoms with E-state index in [1.54, 1.807) is 28.0 Å². The van der Waals surface area contributed by atoms with Crippen molar-refractivity contribution in [2.45, 2.75) is 25.5 Å². The van der Waals surface area contributed by atoms with E-state index in [0.29, 0.717) is 50.0 Å². The number of rotatable bonds is 6. The van der Waals surface area contributed by atoms with Gasteiger partial charge in [0.25, 0.3) is 17.5 Å². The molecule has 4 rings (SSSR count). The highest BCUT2D eigenvalue weighted by Gasteiger charge is 2.32. The lowest BCUT2D eigenvalue weighted by Crippen LogP contribution is -2.52. The first kappa shape index (κ1) is 23.0. The number of nitrogens with zero attached hydrogens (tertiary/aromatic N) is 3. The minimum atomic E-state index is -0.510. The van der Waals surface area contributed by atoms with E-state index in [-0.39, 0.29) is 29.2 Å². The van der Waals surface area contributed by atoms with Gasteiger partial charge < -0.3 is 19.9 Å². The van der Waals surface area contributed by atoms with Crippen LogP contribution in [0.5, 0.6) is 0 Å². The van der Waals surface area contributed by atoms with Gasteiger partial charge in [-0.05, 0) is 36.6 Å². The van der Waals surface area contributed by atoms with Crippen LogP contribution in [0.2, 0.25) is 5.02 Å². The highest BCUT2D eigenvalue weighted by Crippen LogP contribution is 2.28. The summed E-state index contributed by atoms with van der Waals surface area (Å²) in [5.74, 6) is -0.316. The molecule has 0 saturated carbocycles. The molecule has 2 aromatic carbocycles. The average molecular weight is 473 g/mol. The van der Waals surface area contributed by atoms with Crippen molar-refractivity contribution in [3.63, 3.8) is 0 Å². The van der Waals surface area contributed by atoms with Gasteiger partial charge in [-0.25, -0.2) is 0 Å². The Bertz CT molecular complexity index is 1050. The predicted octanol–water partition coefficient (Wildman–Crippen LogP) is 3.32. The van der Waals surface area contributed by atoms with Crippen molar-refractivity contribution >= 4 is 34.8 Å². The van der Waals surface area contributed by atoms with Crippen molar-refractivity contribution in [2.75, 3.05) is 38.1 Å². The molecule has 2 aromatic rings. The van der Waals surface area contributed by atoms with E-state index in [0.717, 1.165) is 18.4 Å². The molecule has 33 heavy (non-hydrogen) atoms. The summed E-state index contributed by atoms with van der Waals surface area (Å²) in [6, 6.07) is 11.7. The number of nitro benzene ring substituents is 1. The fourth-order valence-electron chi connectivity index (χ4n) is 4.09. The Balaban J connectivity index is 1.40. The van der Waals surface area contributed by atoms with Crippen molar-refractivity contribution in [1.82, 2.24) is 9.80 Å². The molecule has 10 heteroatoms. The first-order chi connectivity index (χ1) is 15.9. The van der Waals surface area contributed by atoms with Gasteiger partial charge in [0.05, 0.1) is 4.92 Å². The number of nitrogens with one attached hydrogen (secondary N) is 1. The van der Waals surface area contributed by atoms with Gasteiger partial charge >= 0.3 is 0 Å². The van der Waals surface area contributed by atoms with Crippen LogP contribution in [0, 0.1) is 10.1 Å². The Morgan fingerprint density at radius 1 is 1.12 bits per heavy atom. The highest BCUT2D eigenvalue weighted by molar-refractivity contribution is 6.31. The summed E-state index contributed by atoms with van der Waals surface area (Å²) in [5, 5.41) is 15.3. The van der Waals surface area contributed by atoms with Crippen molar-refractivity contribution in [2.24, 2.45) is 0 Å². The maximum absolute atomic E-state index is 13.0. The molecule has 0 spiro atoms. The molecule has 0 aliphatic carbocycles. The molecule has 1 unspecified atom stereocenters. The number of amides is 2. The van der Waals surface area contributed by atoms with Crippen molar-refractivity contribution in [3.05, 3.63) is 68.7 Å². The van der Waals surface area contributed by atoms with Crippen LogP contribution in [0.4, 0.5) is 11.4 Å². The molecule has 0 radical (unpaired) electrons. The van der Waals surface area contributed by atoms with Gasteiger partial charge in [0, 0.05) is 56.0 Å². The first-order valence-corrected chi connectivity index (χ1v) is 11.3. The third kappa shape index (κ3) is 5.26. The number of halogens is 1. The van der Waals surface area contributed by atoms with Gasteiger partial charge in [0.1, 0.15) is 11.8 Å². The van der Waals surface area contributed by atoms with E-state index in [1.165, 1.54) is 6.07 Å². The minimum Gasteiger partial charge on any atom is -0.375 e. The van der Waals surface area contributed by atoms with Crippen LogP contribution in [0.1, 0.15) is 28.8 Å². The zero-order valence-corrected chi connectivity index (χ0v) is 18.8. The molecule has 2 aliphatic rings. The zero-order valence-electron chi connectivity index (χ0n) is 18.0. The Kier molecular flexibility index (Phi) is 7.10. The monoisotopic (exact) mass is 472 g/mol. The smallest absolute Gasteiger partial charge is 0.293 e. The standard InChI is InChI=1S/C23H25ClN4O5/c24-18-5-2-1-4-17(18)15-25-19-8-7-16(14-20(19)28(31)32)22(29)26-9-11-27(12-10-26)23(30)21-6-3-13-33-21/h1-2,4-5,7-8,14,21,25H,3,6,9-13,15H2. The number of hydrogen-bond donors (Lipinski definition) is 1. The van der Waals surface area contributed by atoms with E-state index < -0.39 is 4.92 Å². The first-order valence-electron chi connectivity index (χ1n) is 10.9. The summed E-state index contributed by atoms with van der Waals surface area (Å²) < 4.78 is 5.46. The van der Waals surface area contributed by atoms with Crippen LogP contribution >= 0.6 is 11.6 Å². The molecule has 2 amide bonds. The van der Waals surface area contributed by atoms with E-state index >= 15 is 0 Å². The molecular weight excluding hydrogens is 448 g/mol. The molecule has 9 nitrogen and oxygen atoms in total. The number of carbonyl (C=O) groups excluding carboxylic acids is 2. The molecule has 2 heterocycles. The van der Waals surface area contributed by atoms with Gasteiger partial charge in [-0.1, -0.05) is 29.8 Å². The molecule has 174 valence electrons. The third-order valence-electron chi connectivity index (χ3n) is 5.95. The molecule has 2 saturated heterocycles. The second-order valence-electron chi connectivity index (χ2n) is 8.05. The Morgan fingerprint density at radius 3 is 2.52 bits per heavy atom. The summed E-state index contributed by atoms with van der Waals surface area (Å²) in [4.78, 5) is 40.0. The predicted molar refractivity (Wildman–Crippen MR) is 123 cm³/mol. The van der Waals surface area contributed by atoms with Crippen molar-refractivity contribution in [1.29, 1.82) is 0 Å². The summed E-state index contributed by atoms with van der Waals surface area (Å²) in [5.41, 5.74) is 1.18. The molecule has 1 N–H and O–H groups in total. The van der Waals surface area contributed by atoms with Crippen molar-refractivity contribution in [3.8, 4) is 0 Å². The quantitative estimate of drug-likeness (QED) is 0.510. The average Bonchev–Trinajstić information content (AvgIpc) is 3.38. The van der Waals surface area contributed by atoms with E-state index in [9.17, 15) is 19.7 Å². The lowest BCUT2D eigenvalue weighted by Gasteiger charge is -2.35. The second kappa shape index (κ2) is 10.2. The number of anilines is 1. The molecule has 0 aromatic heterocycles. The lowest BCUT2D eigenvalue weighted by atomic mass is 10.1. The van der Waals surface area contributed by atoms with E-state index in [2.05, 4.69) is 5.32 Å². The number of carbonyl (C=O) groups is 2. The molecule has 0 bridgehead atoms. The van der Waals surface area contributed by atoms with Gasteiger partial charge in [0.15, 0.2) is 0 Å². The van der Waals surface area contributed by atoms with Gasteiger partial charge in [0.2, 0.25) is 0 Å². The normalized spacial score (nSPS) is 18.3.